The first-order valence-electron chi connectivity index (χ1n) is 8.79. The van der Waals surface area contributed by atoms with E-state index in [-0.39, 0.29) is 6.04 Å². The molecule has 0 fully saturated rings. The molecule has 2 atom stereocenters. The third-order valence-electron chi connectivity index (χ3n) is 4.15. The van der Waals surface area contributed by atoms with E-state index in [2.05, 4.69) is 41.5 Å². The Hall–Kier alpha value is -1.53. The molecule has 0 aliphatic rings. The minimum absolute atomic E-state index is 0.283. The molecule has 0 aromatic heterocycles. The van der Waals surface area contributed by atoms with Crippen molar-refractivity contribution in [3.8, 4) is 0 Å². The van der Waals surface area contributed by atoms with Crippen LogP contribution in [-0.2, 0) is 6.54 Å². The highest BCUT2D eigenvalue weighted by Gasteiger charge is 2.33. The van der Waals surface area contributed by atoms with Crippen molar-refractivity contribution < 1.29 is 13.2 Å². The van der Waals surface area contributed by atoms with E-state index in [0.29, 0.717) is 6.67 Å². The second-order valence-electron chi connectivity index (χ2n) is 6.32. The van der Waals surface area contributed by atoms with Crippen LogP contribution in [0.4, 0.5) is 13.2 Å². The second kappa shape index (κ2) is 11.2. The molecule has 0 spiro atoms. The first kappa shape index (κ1) is 21.5. The summed E-state index contributed by atoms with van der Waals surface area (Å²) in [5, 5.41) is 6.12. The van der Waals surface area contributed by atoms with Crippen LogP contribution in [0.3, 0.4) is 0 Å². The fourth-order valence-corrected chi connectivity index (χ4v) is 2.28. The van der Waals surface area contributed by atoms with Crippen LogP contribution in [-0.4, -0.2) is 36.9 Å². The molecule has 142 valence electrons. The minimum atomic E-state index is -4.18. The van der Waals surface area contributed by atoms with Gasteiger partial charge in [-0.05, 0) is 38.2 Å². The Kier molecular flexibility index (Phi) is 9.60. The van der Waals surface area contributed by atoms with Crippen LogP contribution in [0, 0.1) is 5.92 Å². The predicted molar refractivity (Wildman–Crippen MR) is 97.0 cm³/mol. The summed E-state index contributed by atoms with van der Waals surface area (Å²) in [6.45, 7) is 8.71. The van der Waals surface area contributed by atoms with Gasteiger partial charge in [0.05, 0.1) is 12.6 Å². The lowest BCUT2D eigenvalue weighted by Gasteiger charge is -2.23. The van der Waals surface area contributed by atoms with Gasteiger partial charge in [-0.15, -0.1) is 0 Å². The van der Waals surface area contributed by atoms with E-state index in [1.165, 1.54) is 11.8 Å². The average molecular weight is 357 g/mol. The van der Waals surface area contributed by atoms with Gasteiger partial charge in [0, 0.05) is 12.6 Å². The van der Waals surface area contributed by atoms with Crippen molar-refractivity contribution in [2.45, 2.75) is 46.0 Å². The third-order valence-corrected chi connectivity index (χ3v) is 4.15. The Morgan fingerprint density at radius 2 is 1.84 bits per heavy atom. The van der Waals surface area contributed by atoms with E-state index >= 15 is 0 Å². The van der Waals surface area contributed by atoms with Crippen LogP contribution in [0.25, 0.3) is 0 Å². The van der Waals surface area contributed by atoms with Crippen LogP contribution in [0.15, 0.2) is 42.6 Å². The van der Waals surface area contributed by atoms with Crippen molar-refractivity contribution in [3.05, 3.63) is 48.2 Å². The van der Waals surface area contributed by atoms with Gasteiger partial charge in [-0.3, -0.25) is 10.2 Å². The first-order chi connectivity index (χ1) is 11.8. The molecule has 0 heterocycles. The monoisotopic (exact) mass is 357 g/mol. The molecule has 0 saturated carbocycles. The van der Waals surface area contributed by atoms with Crippen LogP contribution < -0.4 is 10.6 Å². The number of nitrogens with one attached hydrogen (secondary N) is 2. The smallest absolute Gasteiger partial charge is 0.379 e. The highest BCUT2D eigenvalue weighted by atomic mass is 19.4. The maximum atomic E-state index is 12.4. The number of hydrogen-bond acceptors (Lipinski definition) is 3. The van der Waals surface area contributed by atoms with E-state index in [1.807, 2.05) is 18.2 Å². The fraction of sp³-hybridized carbons (Fsp3) is 0.579. The molecule has 0 aliphatic heterocycles. The van der Waals surface area contributed by atoms with Crippen LogP contribution in [0.5, 0.6) is 0 Å². The summed E-state index contributed by atoms with van der Waals surface area (Å²) in [4.78, 5) is 2.38. The summed E-state index contributed by atoms with van der Waals surface area (Å²) in [5.74, 6) is -1.44. The number of hydrogen-bond donors (Lipinski definition) is 2. The molecule has 0 amide bonds. The highest BCUT2D eigenvalue weighted by Crippen LogP contribution is 2.26. The Morgan fingerprint density at radius 3 is 2.44 bits per heavy atom. The zero-order valence-electron chi connectivity index (χ0n) is 15.3. The minimum Gasteiger partial charge on any atom is -0.379 e. The van der Waals surface area contributed by atoms with E-state index in [9.17, 15) is 13.2 Å². The molecule has 1 aromatic rings. The van der Waals surface area contributed by atoms with Gasteiger partial charge < -0.3 is 5.32 Å². The van der Waals surface area contributed by atoms with E-state index in [1.54, 1.807) is 0 Å². The van der Waals surface area contributed by atoms with Gasteiger partial charge in [0.15, 0.2) is 0 Å². The molecule has 0 bridgehead atoms. The molecule has 3 nitrogen and oxygen atoms in total. The molecule has 25 heavy (non-hydrogen) atoms. The lowest BCUT2D eigenvalue weighted by Crippen LogP contribution is -2.36. The van der Waals surface area contributed by atoms with Crippen molar-refractivity contribution in [3.63, 3.8) is 0 Å². The van der Waals surface area contributed by atoms with Crippen LogP contribution in [0.1, 0.15) is 32.8 Å². The molecule has 0 aliphatic carbocycles. The lowest BCUT2D eigenvalue weighted by molar-refractivity contribution is -0.156. The first-order valence-corrected chi connectivity index (χ1v) is 8.79. The van der Waals surface area contributed by atoms with E-state index < -0.39 is 12.1 Å². The molecular formula is C19H30F3N3. The third kappa shape index (κ3) is 9.51. The summed E-state index contributed by atoms with van der Waals surface area (Å²) in [7, 11) is 0. The summed E-state index contributed by atoms with van der Waals surface area (Å²) < 4.78 is 37.1. The zero-order valence-corrected chi connectivity index (χ0v) is 15.3. The average Bonchev–Trinajstić information content (AvgIpc) is 2.58. The van der Waals surface area contributed by atoms with Gasteiger partial charge in [0.2, 0.25) is 0 Å². The Labute approximate surface area is 149 Å². The Morgan fingerprint density at radius 1 is 1.16 bits per heavy atom. The van der Waals surface area contributed by atoms with Crippen molar-refractivity contribution in [1.29, 1.82) is 0 Å². The van der Waals surface area contributed by atoms with Gasteiger partial charge in [-0.1, -0.05) is 50.3 Å². The van der Waals surface area contributed by atoms with Crippen molar-refractivity contribution >= 4 is 0 Å². The predicted octanol–water partition coefficient (Wildman–Crippen LogP) is 4.14. The van der Waals surface area contributed by atoms with Gasteiger partial charge in [0.25, 0.3) is 0 Å². The highest BCUT2D eigenvalue weighted by molar-refractivity contribution is 5.14. The van der Waals surface area contributed by atoms with Gasteiger partial charge >= 0.3 is 6.18 Å². The summed E-state index contributed by atoms with van der Waals surface area (Å²) in [6, 6.07) is 10.7. The van der Waals surface area contributed by atoms with Crippen molar-refractivity contribution in [2.24, 2.45) is 5.92 Å². The SMILES string of the molecule is CCN(CCC(C)NCN/C=C/C(C)C(F)(F)F)Cc1ccccc1. The molecule has 0 radical (unpaired) electrons. The van der Waals surface area contributed by atoms with Crippen molar-refractivity contribution in [1.82, 2.24) is 15.5 Å². The standard InChI is InChI=1S/C19H30F3N3/c1-4-25(14-18-8-6-5-7-9-18)13-11-17(3)24-15-23-12-10-16(2)19(20,21)22/h5-10,12,16-17,23-24H,4,11,13-15H2,1-3H3/b12-10+. The summed E-state index contributed by atoms with van der Waals surface area (Å²) in [5.41, 5.74) is 1.30. The van der Waals surface area contributed by atoms with Gasteiger partial charge in [0.1, 0.15) is 0 Å². The molecular weight excluding hydrogens is 327 g/mol. The van der Waals surface area contributed by atoms with Crippen LogP contribution in [0.2, 0.25) is 0 Å². The lowest BCUT2D eigenvalue weighted by atomic mass is 10.2. The maximum absolute atomic E-state index is 12.4. The molecule has 2 N–H and O–H groups in total. The number of halogens is 3. The fourth-order valence-electron chi connectivity index (χ4n) is 2.28. The molecule has 2 unspecified atom stereocenters. The second-order valence-corrected chi connectivity index (χ2v) is 6.32. The largest absolute Gasteiger partial charge is 0.394 e. The zero-order chi connectivity index (χ0) is 18.7. The van der Waals surface area contributed by atoms with E-state index in [4.69, 9.17) is 0 Å². The van der Waals surface area contributed by atoms with Crippen molar-refractivity contribution in [2.75, 3.05) is 19.8 Å². The number of nitrogens with zero attached hydrogens (tertiary/aromatic N) is 1. The van der Waals surface area contributed by atoms with E-state index in [0.717, 1.165) is 39.1 Å². The van der Waals surface area contributed by atoms with Crippen LogP contribution >= 0.6 is 0 Å². The number of rotatable bonds is 11. The maximum Gasteiger partial charge on any atom is 0.394 e. The number of benzene rings is 1. The quantitative estimate of drug-likeness (QED) is 0.460. The summed E-state index contributed by atoms with van der Waals surface area (Å²) >= 11 is 0. The molecule has 1 aromatic carbocycles. The molecule has 0 saturated heterocycles. The van der Waals surface area contributed by atoms with Gasteiger partial charge in [-0.2, -0.15) is 13.2 Å². The number of alkyl halides is 3. The number of allylic oxidation sites excluding steroid dienone is 1. The molecule has 6 heteroatoms. The Bertz CT molecular complexity index is 488. The topological polar surface area (TPSA) is 27.3 Å². The normalized spacial score (nSPS) is 14.8. The summed E-state index contributed by atoms with van der Waals surface area (Å²) in [6.07, 6.45) is -0.705. The molecule has 1 rings (SSSR count). The Balaban J connectivity index is 2.21. The van der Waals surface area contributed by atoms with Gasteiger partial charge in [-0.25, -0.2) is 0 Å².